The topological polar surface area (TPSA) is 37.3 Å². The Bertz CT molecular complexity index is 441. The van der Waals surface area contributed by atoms with E-state index in [1.54, 1.807) is 0 Å². The number of carbonyl (C=O) groups excluding carboxylic acids is 1. The fraction of sp³-hybridized carbons (Fsp3) is 0.708. The zero-order chi connectivity index (χ0) is 18.9. The molecule has 0 aliphatic carbocycles. The largest absolute Gasteiger partial charge is 0.388 e. The van der Waals surface area contributed by atoms with Crippen molar-refractivity contribution >= 4 is 5.78 Å². The smallest absolute Gasteiger partial charge is 0.135 e. The molecule has 0 fully saturated rings. The number of hydrogen-bond acceptors (Lipinski definition) is 2. The molecule has 1 atom stereocenters. The van der Waals surface area contributed by atoms with Crippen LogP contribution in [-0.2, 0) is 4.79 Å². The molecule has 0 aliphatic rings. The lowest BCUT2D eigenvalue weighted by Gasteiger charge is -2.10. The Balaban J connectivity index is 1.87. The molecule has 0 radical (unpaired) electrons. The van der Waals surface area contributed by atoms with Crippen LogP contribution in [-0.4, -0.2) is 10.9 Å². The van der Waals surface area contributed by atoms with Gasteiger partial charge in [-0.25, -0.2) is 0 Å². The third kappa shape index (κ3) is 12.2. The Morgan fingerprint density at radius 3 is 1.73 bits per heavy atom. The number of carbonyl (C=O) groups is 1. The van der Waals surface area contributed by atoms with Gasteiger partial charge >= 0.3 is 0 Å². The van der Waals surface area contributed by atoms with Gasteiger partial charge in [-0.3, -0.25) is 4.79 Å². The highest BCUT2D eigenvalue weighted by Crippen LogP contribution is 2.18. The van der Waals surface area contributed by atoms with E-state index in [0.29, 0.717) is 6.42 Å². The maximum absolute atomic E-state index is 12.0. The number of aliphatic hydroxyl groups excluding tert-OH is 1. The van der Waals surface area contributed by atoms with Crippen LogP contribution in [0.3, 0.4) is 0 Å². The zero-order valence-corrected chi connectivity index (χ0v) is 16.9. The van der Waals surface area contributed by atoms with E-state index in [9.17, 15) is 9.90 Å². The molecule has 1 aromatic carbocycles. The first-order valence-corrected chi connectivity index (χ1v) is 11.0. The number of ketones is 1. The van der Waals surface area contributed by atoms with Gasteiger partial charge in [-0.15, -0.1) is 0 Å². The molecule has 2 heteroatoms. The van der Waals surface area contributed by atoms with Crippen molar-refractivity contribution < 1.29 is 9.90 Å². The molecule has 0 amide bonds. The molecule has 26 heavy (non-hydrogen) atoms. The molecule has 1 aromatic rings. The average Bonchev–Trinajstić information content (AvgIpc) is 2.66. The molecular formula is C24H40O2. The van der Waals surface area contributed by atoms with Crippen LogP contribution in [0.25, 0.3) is 0 Å². The first-order valence-electron chi connectivity index (χ1n) is 11.0. The fourth-order valence-electron chi connectivity index (χ4n) is 3.45. The predicted octanol–water partition coefficient (Wildman–Crippen LogP) is 7.16. The number of benzene rings is 1. The van der Waals surface area contributed by atoms with E-state index in [0.717, 1.165) is 18.4 Å². The van der Waals surface area contributed by atoms with Crippen LogP contribution in [0.1, 0.15) is 115 Å². The van der Waals surface area contributed by atoms with E-state index >= 15 is 0 Å². The van der Waals surface area contributed by atoms with E-state index < -0.39 is 6.10 Å². The number of Topliss-reactive ketones (excluding diaryl/α,β-unsaturated/α-hetero) is 1. The van der Waals surface area contributed by atoms with Crippen LogP contribution < -0.4 is 0 Å². The molecule has 0 aromatic heterocycles. The highest BCUT2D eigenvalue weighted by atomic mass is 16.3. The van der Waals surface area contributed by atoms with Crippen molar-refractivity contribution in [1.29, 1.82) is 0 Å². The fourth-order valence-corrected chi connectivity index (χ4v) is 3.45. The number of aliphatic hydroxyl groups is 1. The monoisotopic (exact) mass is 360 g/mol. The van der Waals surface area contributed by atoms with Crippen LogP contribution in [0.2, 0.25) is 0 Å². The van der Waals surface area contributed by atoms with Crippen LogP contribution in [0.4, 0.5) is 0 Å². The number of rotatable bonds is 17. The molecule has 0 saturated heterocycles. The quantitative estimate of drug-likeness (QED) is 0.299. The van der Waals surface area contributed by atoms with Crippen LogP contribution in [0.15, 0.2) is 30.3 Å². The maximum atomic E-state index is 12.0. The van der Waals surface area contributed by atoms with Crippen molar-refractivity contribution in [2.75, 3.05) is 0 Å². The lowest BCUT2D eigenvalue weighted by Crippen LogP contribution is -2.06. The third-order valence-corrected chi connectivity index (χ3v) is 5.16. The highest BCUT2D eigenvalue weighted by Gasteiger charge is 2.12. The van der Waals surface area contributed by atoms with Crippen molar-refractivity contribution in [1.82, 2.24) is 0 Å². The summed E-state index contributed by atoms with van der Waals surface area (Å²) in [6, 6.07) is 9.48. The molecule has 0 heterocycles. The molecule has 0 aliphatic heterocycles. The standard InChI is InChI=1S/C24H40O2/c1-2-3-4-5-6-7-8-9-10-11-12-13-17-20-23(25)21-24(26)22-18-15-14-16-19-22/h14-16,18-19,24,26H,2-13,17,20-21H2,1H3. The van der Waals surface area contributed by atoms with Gasteiger partial charge in [0, 0.05) is 12.8 Å². The molecule has 2 nitrogen and oxygen atoms in total. The molecule has 148 valence electrons. The van der Waals surface area contributed by atoms with Crippen LogP contribution in [0, 0.1) is 0 Å². The summed E-state index contributed by atoms with van der Waals surface area (Å²) in [5, 5.41) is 10.1. The lowest BCUT2D eigenvalue weighted by molar-refractivity contribution is -0.121. The summed E-state index contributed by atoms with van der Waals surface area (Å²) in [4.78, 5) is 12.0. The van der Waals surface area contributed by atoms with E-state index in [2.05, 4.69) is 6.92 Å². The van der Waals surface area contributed by atoms with Gasteiger partial charge in [-0.05, 0) is 12.0 Å². The van der Waals surface area contributed by atoms with Gasteiger partial charge in [-0.1, -0.05) is 114 Å². The molecule has 1 unspecified atom stereocenters. The second-order valence-electron chi connectivity index (χ2n) is 7.66. The van der Waals surface area contributed by atoms with Gasteiger partial charge < -0.3 is 5.11 Å². The first-order chi connectivity index (χ1) is 12.7. The van der Waals surface area contributed by atoms with E-state index in [1.165, 1.54) is 70.6 Å². The van der Waals surface area contributed by atoms with Crippen LogP contribution in [0.5, 0.6) is 0 Å². The summed E-state index contributed by atoms with van der Waals surface area (Å²) < 4.78 is 0. The summed E-state index contributed by atoms with van der Waals surface area (Å²) in [7, 11) is 0. The Labute approximate surface area is 161 Å². The minimum atomic E-state index is -0.648. The highest BCUT2D eigenvalue weighted by molar-refractivity contribution is 5.79. The zero-order valence-electron chi connectivity index (χ0n) is 16.9. The van der Waals surface area contributed by atoms with Gasteiger partial charge in [0.25, 0.3) is 0 Å². The maximum Gasteiger partial charge on any atom is 0.135 e. The molecule has 1 N–H and O–H groups in total. The SMILES string of the molecule is CCCCCCCCCCCCCCCC(=O)CC(O)c1ccccc1. The Hall–Kier alpha value is -1.15. The summed E-state index contributed by atoms with van der Waals surface area (Å²) in [6.45, 7) is 2.27. The summed E-state index contributed by atoms with van der Waals surface area (Å²) >= 11 is 0. The van der Waals surface area contributed by atoms with E-state index in [-0.39, 0.29) is 12.2 Å². The lowest BCUT2D eigenvalue weighted by atomic mass is 10.0. The van der Waals surface area contributed by atoms with E-state index in [4.69, 9.17) is 0 Å². The molecular weight excluding hydrogens is 320 g/mol. The van der Waals surface area contributed by atoms with Crippen molar-refractivity contribution in [3.8, 4) is 0 Å². The summed E-state index contributed by atoms with van der Waals surface area (Å²) in [5.41, 5.74) is 0.839. The molecule has 0 saturated carbocycles. The van der Waals surface area contributed by atoms with Crippen molar-refractivity contribution in [3.05, 3.63) is 35.9 Å². The molecule has 0 bridgehead atoms. The van der Waals surface area contributed by atoms with Crippen LogP contribution >= 0.6 is 0 Å². The minimum absolute atomic E-state index is 0.185. The second kappa shape index (κ2) is 16.1. The predicted molar refractivity (Wildman–Crippen MR) is 111 cm³/mol. The Morgan fingerprint density at radius 2 is 1.23 bits per heavy atom. The van der Waals surface area contributed by atoms with Gasteiger partial charge in [-0.2, -0.15) is 0 Å². The van der Waals surface area contributed by atoms with Crippen molar-refractivity contribution in [2.24, 2.45) is 0 Å². The van der Waals surface area contributed by atoms with Crippen molar-refractivity contribution in [3.63, 3.8) is 0 Å². The summed E-state index contributed by atoms with van der Waals surface area (Å²) in [5.74, 6) is 0.185. The minimum Gasteiger partial charge on any atom is -0.388 e. The number of hydrogen-bond donors (Lipinski definition) is 1. The molecule has 1 rings (SSSR count). The first kappa shape index (κ1) is 22.9. The molecule has 0 spiro atoms. The number of unbranched alkanes of at least 4 members (excludes halogenated alkanes) is 12. The van der Waals surface area contributed by atoms with Gasteiger partial charge in [0.1, 0.15) is 5.78 Å². The van der Waals surface area contributed by atoms with E-state index in [1.807, 2.05) is 30.3 Å². The Morgan fingerprint density at radius 1 is 0.769 bits per heavy atom. The summed E-state index contributed by atoms with van der Waals surface area (Å²) in [6.07, 6.45) is 17.4. The van der Waals surface area contributed by atoms with Crippen molar-refractivity contribution in [2.45, 2.75) is 109 Å². The van der Waals surface area contributed by atoms with Gasteiger partial charge in [0.2, 0.25) is 0 Å². The normalized spacial score (nSPS) is 12.2. The van der Waals surface area contributed by atoms with Gasteiger partial charge in [0.15, 0.2) is 0 Å². The average molecular weight is 361 g/mol. The van der Waals surface area contributed by atoms with Gasteiger partial charge in [0.05, 0.1) is 6.10 Å². The Kier molecular flexibility index (Phi) is 14.1. The second-order valence-corrected chi connectivity index (χ2v) is 7.66. The third-order valence-electron chi connectivity index (χ3n) is 5.16.